The molecule has 0 bridgehead atoms. The molecule has 0 aliphatic heterocycles. The molecule has 1 aromatic heterocycles. The minimum absolute atomic E-state index is 0.0821. The van der Waals surface area contributed by atoms with Crippen LogP contribution < -0.4 is 15.8 Å². The number of amides is 1. The molecule has 0 aliphatic rings. The highest BCUT2D eigenvalue weighted by Gasteiger charge is 2.27. The van der Waals surface area contributed by atoms with E-state index in [1.807, 2.05) is 0 Å². The van der Waals surface area contributed by atoms with Crippen molar-refractivity contribution >= 4 is 11.7 Å². The molecule has 0 radical (unpaired) electrons. The number of carbonyl (C=O) groups is 1. The van der Waals surface area contributed by atoms with Crippen LogP contribution in [0.25, 0.3) is 0 Å². The number of halogens is 3. The van der Waals surface area contributed by atoms with Crippen molar-refractivity contribution in [1.29, 1.82) is 0 Å². The molecule has 0 saturated heterocycles. The molecular weight excluding hydrogens is 251 g/mol. The smallest absolute Gasteiger partial charge is 0.405 e. The zero-order valence-corrected chi connectivity index (χ0v) is 9.54. The Labute approximate surface area is 101 Å². The zero-order valence-electron chi connectivity index (χ0n) is 9.54. The maximum Gasteiger partial charge on any atom is 0.405 e. The highest BCUT2D eigenvalue weighted by Crippen LogP contribution is 2.18. The van der Waals surface area contributed by atoms with E-state index < -0.39 is 25.2 Å². The van der Waals surface area contributed by atoms with Crippen LogP contribution >= 0.6 is 0 Å². The van der Waals surface area contributed by atoms with Gasteiger partial charge in [0, 0.05) is 5.69 Å². The second kappa shape index (κ2) is 5.56. The number of nitrogen functional groups attached to an aromatic ring is 1. The Hall–Kier alpha value is -1.99. The number of alkyl halides is 3. The number of aromatic nitrogens is 1. The molecule has 1 aromatic rings. The van der Waals surface area contributed by atoms with Crippen molar-refractivity contribution in [3.05, 3.63) is 17.8 Å². The number of nitrogens with one attached hydrogen (secondary N) is 1. The van der Waals surface area contributed by atoms with Gasteiger partial charge in [0.05, 0.1) is 0 Å². The van der Waals surface area contributed by atoms with Crippen LogP contribution in [-0.4, -0.2) is 30.2 Å². The first-order valence-corrected chi connectivity index (χ1v) is 4.97. The molecule has 0 aromatic carbocycles. The first-order chi connectivity index (χ1) is 8.28. The number of carbonyl (C=O) groups excluding carboxylic acids is 1. The molecule has 1 rings (SSSR count). The van der Waals surface area contributed by atoms with Crippen LogP contribution in [-0.2, 0) is 4.79 Å². The first-order valence-electron chi connectivity index (χ1n) is 4.97. The summed E-state index contributed by atoms with van der Waals surface area (Å²) in [7, 11) is 0. The van der Waals surface area contributed by atoms with Crippen LogP contribution in [0.4, 0.5) is 19.0 Å². The van der Waals surface area contributed by atoms with Crippen LogP contribution in [0.2, 0.25) is 0 Å². The van der Waals surface area contributed by atoms with Gasteiger partial charge >= 0.3 is 6.18 Å². The van der Waals surface area contributed by atoms with Crippen molar-refractivity contribution in [3.8, 4) is 5.75 Å². The minimum atomic E-state index is -4.44. The lowest BCUT2D eigenvalue weighted by molar-refractivity contribution is -0.139. The Balaban J connectivity index is 2.43. The molecule has 5 nitrogen and oxygen atoms in total. The van der Waals surface area contributed by atoms with Gasteiger partial charge in [0.15, 0.2) is 18.2 Å². The van der Waals surface area contributed by atoms with E-state index in [0.29, 0.717) is 5.69 Å². The largest absolute Gasteiger partial charge is 0.480 e. The third-order valence-electron chi connectivity index (χ3n) is 1.87. The standard InChI is InChI=1S/C10H12F3N3O2/c1-6-2-3-7(9(14)16-6)18-4-8(17)15-5-10(11,12)13/h2-3H,4-5H2,1H3,(H2,14,16)(H,15,17). The van der Waals surface area contributed by atoms with Gasteiger partial charge in [-0.25, -0.2) is 4.98 Å². The van der Waals surface area contributed by atoms with Crippen molar-refractivity contribution in [3.63, 3.8) is 0 Å². The molecule has 0 saturated carbocycles. The number of pyridine rings is 1. The molecule has 0 unspecified atom stereocenters. The highest BCUT2D eigenvalue weighted by atomic mass is 19.4. The molecule has 0 aliphatic carbocycles. The number of nitrogens with zero attached hydrogens (tertiary/aromatic N) is 1. The average Bonchev–Trinajstić information content (AvgIpc) is 2.24. The molecule has 100 valence electrons. The summed E-state index contributed by atoms with van der Waals surface area (Å²) in [5.74, 6) is -0.645. The Kier molecular flexibility index (Phi) is 4.35. The number of aryl methyl sites for hydroxylation is 1. The van der Waals surface area contributed by atoms with Crippen LogP contribution in [0, 0.1) is 6.92 Å². The molecule has 1 amide bonds. The summed E-state index contributed by atoms with van der Waals surface area (Å²) in [6, 6.07) is 3.11. The van der Waals surface area contributed by atoms with Gasteiger partial charge in [0.25, 0.3) is 5.91 Å². The predicted molar refractivity (Wildman–Crippen MR) is 57.9 cm³/mol. The van der Waals surface area contributed by atoms with Crippen molar-refractivity contribution in [2.24, 2.45) is 0 Å². The van der Waals surface area contributed by atoms with E-state index in [2.05, 4.69) is 4.98 Å². The summed E-state index contributed by atoms with van der Waals surface area (Å²) in [6.07, 6.45) is -4.44. The van der Waals surface area contributed by atoms with Crippen molar-refractivity contribution in [2.45, 2.75) is 13.1 Å². The lowest BCUT2D eigenvalue weighted by Gasteiger charge is -2.10. The van der Waals surface area contributed by atoms with E-state index >= 15 is 0 Å². The molecule has 0 spiro atoms. The minimum Gasteiger partial charge on any atom is -0.480 e. The van der Waals surface area contributed by atoms with Crippen LogP contribution in [0.1, 0.15) is 5.69 Å². The summed E-state index contributed by atoms with van der Waals surface area (Å²) < 4.78 is 40.4. The number of ether oxygens (including phenoxy) is 1. The van der Waals surface area contributed by atoms with Crippen LogP contribution in [0.15, 0.2) is 12.1 Å². The van der Waals surface area contributed by atoms with E-state index in [1.54, 1.807) is 18.3 Å². The van der Waals surface area contributed by atoms with Gasteiger partial charge in [-0.1, -0.05) is 0 Å². The van der Waals surface area contributed by atoms with Gasteiger partial charge in [-0.05, 0) is 19.1 Å². The maximum absolute atomic E-state index is 11.8. The topological polar surface area (TPSA) is 77.2 Å². The van der Waals surface area contributed by atoms with Gasteiger partial charge in [0.1, 0.15) is 6.54 Å². The SMILES string of the molecule is Cc1ccc(OCC(=O)NCC(F)(F)F)c(N)n1. The molecule has 0 atom stereocenters. The summed E-state index contributed by atoms with van der Waals surface area (Å²) >= 11 is 0. The lowest BCUT2D eigenvalue weighted by atomic mass is 10.3. The van der Waals surface area contributed by atoms with Gasteiger partial charge in [-0.3, -0.25) is 4.79 Å². The second-order valence-corrected chi connectivity index (χ2v) is 3.52. The fraction of sp³-hybridized carbons (Fsp3) is 0.400. The number of rotatable bonds is 4. The average molecular weight is 263 g/mol. The van der Waals surface area contributed by atoms with E-state index in [4.69, 9.17) is 10.5 Å². The number of nitrogens with two attached hydrogens (primary N) is 1. The van der Waals surface area contributed by atoms with E-state index in [-0.39, 0.29) is 11.6 Å². The van der Waals surface area contributed by atoms with Crippen LogP contribution in [0.5, 0.6) is 5.75 Å². The molecular formula is C10H12F3N3O2. The van der Waals surface area contributed by atoms with Gasteiger partial charge in [0.2, 0.25) is 0 Å². The number of hydrogen-bond acceptors (Lipinski definition) is 4. The van der Waals surface area contributed by atoms with Gasteiger partial charge < -0.3 is 15.8 Å². The molecule has 8 heteroatoms. The molecule has 18 heavy (non-hydrogen) atoms. The summed E-state index contributed by atoms with van der Waals surface area (Å²) in [6.45, 7) is -0.224. The maximum atomic E-state index is 11.8. The quantitative estimate of drug-likeness (QED) is 0.850. The van der Waals surface area contributed by atoms with Crippen molar-refractivity contribution < 1.29 is 22.7 Å². The molecule has 0 fully saturated rings. The van der Waals surface area contributed by atoms with Gasteiger partial charge in [-0.15, -0.1) is 0 Å². The summed E-state index contributed by atoms with van der Waals surface area (Å²) in [5, 5.41) is 1.67. The van der Waals surface area contributed by atoms with Crippen LogP contribution in [0.3, 0.4) is 0 Å². The fourth-order valence-electron chi connectivity index (χ4n) is 1.08. The summed E-state index contributed by atoms with van der Waals surface area (Å²) in [5.41, 5.74) is 6.17. The zero-order chi connectivity index (χ0) is 13.8. The fourth-order valence-corrected chi connectivity index (χ4v) is 1.08. The van der Waals surface area contributed by atoms with Gasteiger partial charge in [-0.2, -0.15) is 13.2 Å². The van der Waals surface area contributed by atoms with Crippen molar-refractivity contribution in [2.75, 3.05) is 18.9 Å². The molecule has 3 N–H and O–H groups in total. The van der Waals surface area contributed by atoms with Crippen molar-refractivity contribution in [1.82, 2.24) is 10.3 Å². The first kappa shape index (κ1) is 14.1. The number of anilines is 1. The second-order valence-electron chi connectivity index (χ2n) is 3.52. The van der Waals surface area contributed by atoms with E-state index in [0.717, 1.165) is 0 Å². The Bertz CT molecular complexity index is 435. The normalized spacial score (nSPS) is 11.1. The Morgan fingerprint density at radius 3 is 2.72 bits per heavy atom. The highest BCUT2D eigenvalue weighted by molar-refractivity contribution is 5.77. The monoisotopic (exact) mass is 263 g/mol. The Morgan fingerprint density at radius 2 is 2.17 bits per heavy atom. The third kappa shape index (κ3) is 4.89. The predicted octanol–water partition coefficient (Wildman–Crippen LogP) is 1.03. The third-order valence-corrected chi connectivity index (χ3v) is 1.87. The van der Waals surface area contributed by atoms with E-state index in [9.17, 15) is 18.0 Å². The van der Waals surface area contributed by atoms with E-state index in [1.165, 1.54) is 6.07 Å². The Morgan fingerprint density at radius 1 is 1.50 bits per heavy atom. The number of hydrogen-bond donors (Lipinski definition) is 2. The lowest BCUT2D eigenvalue weighted by Crippen LogP contribution is -2.36. The molecule has 1 heterocycles. The summed E-state index contributed by atoms with van der Waals surface area (Å²) in [4.78, 5) is 14.9.